The quantitative estimate of drug-likeness (QED) is 0.626. The number of amidine groups is 1. The van der Waals surface area contributed by atoms with Crippen molar-refractivity contribution in [1.29, 1.82) is 0 Å². The first-order valence-electron chi connectivity index (χ1n) is 6.93. The summed E-state index contributed by atoms with van der Waals surface area (Å²) < 4.78 is 44.4. The Labute approximate surface area is 143 Å². The van der Waals surface area contributed by atoms with Crippen LogP contribution in [0.5, 0.6) is 5.75 Å². The monoisotopic (exact) mass is 363 g/mol. The van der Waals surface area contributed by atoms with E-state index in [0.29, 0.717) is 6.20 Å². The Morgan fingerprint density at radius 2 is 1.64 bits per heavy atom. The Hall–Kier alpha value is -3.20. The number of halogens is 1. The first-order valence-corrected chi connectivity index (χ1v) is 8.41. The van der Waals surface area contributed by atoms with Crippen molar-refractivity contribution >= 4 is 22.0 Å². The highest BCUT2D eigenvalue weighted by molar-refractivity contribution is 7.89. The molecule has 7 nitrogen and oxygen atoms in total. The van der Waals surface area contributed by atoms with E-state index < -0.39 is 27.8 Å². The summed E-state index contributed by atoms with van der Waals surface area (Å²) in [6, 6.07) is 15.3. The van der Waals surface area contributed by atoms with Gasteiger partial charge in [0.1, 0.15) is 5.75 Å². The number of rotatable bonds is 5. The van der Waals surface area contributed by atoms with Crippen LogP contribution in [-0.4, -0.2) is 20.3 Å². The summed E-state index contributed by atoms with van der Waals surface area (Å²) in [6.45, 7) is 0. The molecule has 0 aromatic heterocycles. The van der Waals surface area contributed by atoms with Crippen LogP contribution >= 0.6 is 0 Å². The third-order valence-electron chi connectivity index (χ3n) is 2.80. The van der Waals surface area contributed by atoms with Gasteiger partial charge in [-0.3, -0.25) is 4.72 Å². The van der Waals surface area contributed by atoms with Gasteiger partial charge in [0.2, 0.25) is 0 Å². The smallest absolute Gasteiger partial charge is 0.409 e. The van der Waals surface area contributed by atoms with Crippen LogP contribution in [-0.2, 0) is 10.0 Å². The van der Waals surface area contributed by atoms with Gasteiger partial charge < -0.3 is 10.5 Å². The van der Waals surface area contributed by atoms with E-state index in [-0.39, 0.29) is 10.6 Å². The maximum Gasteiger partial charge on any atom is 0.441 e. The first kappa shape index (κ1) is 18.1. The van der Waals surface area contributed by atoms with E-state index in [0.717, 1.165) is 0 Å². The van der Waals surface area contributed by atoms with Gasteiger partial charge in [0.05, 0.1) is 11.1 Å². The van der Waals surface area contributed by atoms with E-state index in [1.807, 2.05) is 4.72 Å². The summed E-state index contributed by atoms with van der Waals surface area (Å²) in [6.07, 6.45) is -0.644. The molecule has 0 aliphatic carbocycles. The molecule has 0 radical (unpaired) electrons. The number of para-hydroxylation sites is 1. The zero-order valence-corrected chi connectivity index (χ0v) is 13.6. The molecule has 0 fully saturated rings. The zero-order chi connectivity index (χ0) is 18.3. The molecule has 0 atom stereocenters. The van der Waals surface area contributed by atoms with E-state index in [2.05, 4.69) is 4.99 Å². The third kappa shape index (κ3) is 5.43. The summed E-state index contributed by atoms with van der Waals surface area (Å²) in [5, 5.41) is 0. The standard InChI is InChI=1S/C16H14FN3O4S/c17-14(11-19-25(22,23)13-9-5-2-6-10-13)15(18)20-16(21)24-12-7-3-1-4-8-12/h1-11,19H,(H2,18,20,21)/b14-11+. The summed E-state index contributed by atoms with van der Waals surface area (Å²) in [4.78, 5) is 14.7. The SMILES string of the molecule is NC(=NC(=O)Oc1ccccc1)/C(F)=C\NS(=O)(=O)c1ccccc1. The van der Waals surface area contributed by atoms with Crippen molar-refractivity contribution in [2.75, 3.05) is 0 Å². The van der Waals surface area contributed by atoms with Gasteiger partial charge in [-0.1, -0.05) is 36.4 Å². The van der Waals surface area contributed by atoms with E-state index in [1.54, 1.807) is 24.3 Å². The minimum atomic E-state index is -3.96. The van der Waals surface area contributed by atoms with Crippen molar-refractivity contribution in [3.63, 3.8) is 0 Å². The predicted octanol–water partition coefficient (Wildman–Crippen LogP) is 2.33. The molecule has 3 N–H and O–H groups in total. The fourth-order valence-electron chi connectivity index (χ4n) is 1.63. The van der Waals surface area contributed by atoms with Gasteiger partial charge in [-0.15, -0.1) is 0 Å². The van der Waals surface area contributed by atoms with E-state index in [4.69, 9.17) is 10.5 Å². The van der Waals surface area contributed by atoms with Crippen molar-refractivity contribution in [3.8, 4) is 5.75 Å². The molecule has 0 aliphatic heterocycles. The number of carbonyl (C=O) groups is 1. The number of sulfonamides is 1. The largest absolute Gasteiger partial charge is 0.441 e. The first-order chi connectivity index (χ1) is 11.9. The van der Waals surface area contributed by atoms with Gasteiger partial charge >= 0.3 is 6.09 Å². The van der Waals surface area contributed by atoms with Crippen molar-refractivity contribution in [3.05, 3.63) is 72.7 Å². The molecule has 130 valence electrons. The maximum atomic E-state index is 13.8. The lowest BCUT2D eigenvalue weighted by molar-refractivity contribution is 0.211. The third-order valence-corrected chi connectivity index (χ3v) is 4.12. The molecule has 0 aliphatic rings. The van der Waals surface area contributed by atoms with Crippen LogP contribution in [0.1, 0.15) is 0 Å². The molecule has 0 heterocycles. The summed E-state index contributed by atoms with van der Waals surface area (Å²) in [5.74, 6) is -1.85. The lowest BCUT2D eigenvalue weighted by Crippen LogP contribution is -2.22. The average Bonchev–Trinajstić information content (AvgIpc) is 2.61. The number of hydrogen-bond acceptors (Lipinski definition) is 4. The van der Waals surface area contributed by atoms with Gasteiger partial charge in [0.25, 0.3) is 10.0 Å². The van der Waals surface area contributed by atoms with Crippen LogP contribution in [0, 0.1) is 0 Å². The van der Waals surface area contributed by atoms with E-state index >= 15 is 0 Å². The normalized spacial score (nSPS) is 12.5. The minimum absolute atomic E-state index is 0.0574. The molecule has 0 saturated heterocycles. The van der Waals surface area contributed by atoms with Crippen LogP contribution in [0.2, 0.25) is 0 Å². The Bertz CT molecular complexity index is 897. The number of hydrogen-bond donors (Lipinski definition) is 2. The second kappa shape index (κ2) is 8.06. The van der Waals surface area contributed by atoms with Gasteiger partial charge in [0, 0.05) is 0 Å². The molecule has 9 heteroatoms. The Morgan fingerprint density at radius 1 is 1.08 bits per heavy atom. The summed E-state index contributed by atoms with van der Waals surface area (Å²) in [7, 11) is -3.96. The summed E-state index contributed by atoms with van der Waals surface area (Å²) >= 11 is 0. The number of nitrogens with two attached hydrogens (primary N) is 1. The second-order valence-corrected chi connectivity index (χ2v) is 6.32. The predicted molar refractivity (Wildman–Crippen MR) is 90.0 cm³/mol. The molecule has 2 aromatic carbocycles. The molecule has 2 rings (SSSR count). The average molecular weight is 363 g/mol. The van der Waals surface area contributed by atoms with Crippen molar-refractivity contribution < 1.29 is 22.3 Å². The number of carbonyl (C=O) groups excluding carboxylic acids is 1. The molecule has 0 saturated carbocycles. The minimum Gasteiger partial charge on any atom is -0.409 e. The highest BCUT2D eigenvalue weighted by atomic mass is 32.2. The fraction of sp³-hybridized carbons (Fsp3) is 0. The zero-order valence-electron chi connectivity index (χ0n) is 12.8. The number of benzene rings is 2. The van der Waals surface area contributed by atoms with Gasteiger partial charge in [-0.05, 0) is 24.3 Å². The van der Waals surface area contributed by atoms with Crippen LogP contribution in [0.15, 0.2) is 82.6 Å². The Balaban J connectivity index is 2.04. The van der Waals surface area contributed by atoms with Crippen LogP contribution in [0.25, 0.3) is 0 Å². The molecule has 2 aromatic rings. The lowest BCUT2D eigenvalue weighted by Gasteiger charge is -2.04. The molecule has 0 spiro atoms. The molecular weight excluding hydrogens is 349 g/mol. The number of ether oxygens (including phenoxy) is 1. The molecule has 1 amide bonds. The summed E-state index contributed by atoms with van der Waals surface area (Å²) in [5.41, 5.74) is 5.31. The van der Waals surface area contributed by atoms with Gasteiger partial charge in [0.15, 0.2) is 11.7 Å². The van der Waals surface area contributed by atoms with Crippen LogP contribution in [0.4, 0.5) is 9.18 Å². The highest BCUT2D eigenvalue weighted by Crippen LogP contribution is 2.10. The molecule has 25 heavy (non-hydrogen) atoms. The molecular formula is C16H14FN3O4S. The highest BCUT2D eigenvalue weighted by Gasteiger charge is 2.13. The number of nitrogens with one attached hydrogen (secondary N) is 1. The fourth-order valence-corrected chi connectivity index (χ4v) is 2.55. The number of nitrogens with zero attached hydrogens (tertiary/aromatic N) is 1. The van der Waals surface area contributed by atoms with Crippen molar-refractivity contribution in [2.45, 2.75) is 4.90 Å². The topological polar surface area (TPSA) is 111 Å². The van der Waals surface area contributed by atoms with Crippen LogP contribution in [0.3, 0.4) is 0 Å². The molecule has 0 unspecified atom stereocenters. The van der Waals surface area contributed by atoms with Gasteiger partial charge in [-0.25, -0.2) is 17.6 Å². The van der Waals surface area contributed by atoms with E-state index in [1.165, 1.54) is 36.4 Å². The van der Waals surface area contributed by atoms with Gasteiger partial charge in [-0.2, -0.15) is 4.99 Å². The number of amides is 1. The Morgan fingerprint density at radius 3 is 2.24 bits per heavy atom. The van der Waals surface area contributed by atoms with Crippen LogP contribution < -0.4 is 15.2 Å². The maximum absolute atomic E-state index is 13.8. The second-order valence-electron chi connectivity index (χ2n) is 4.60. The van der Waals surface area contributed by atoms with Crippen molar-refractivity contribution in [1.82, 2.24) is 4.72 Å². The number of aliphatic imine (C=N–C) groups is 1. The lowest BCUT2D eigenvalue weighted by atomic mass is 10.3. The van der Waals surface area contributed by atoms with Crippen molar-refractivity contribution in [2.24, 2.45) is 10.7 Å². The van der Waals surface area contributed by atoms with E-state index in [9.17, 15) is 17.6 Å². The molecule has 0 bridgehead atoms. The Kier molecular flexibility index (Phi) is 5.85.